The molecule has 0 heterocycles. The number of ether oxygens (including phenoxy) is 1. The molecule has 0 aliphatic heterocycles. The highest BCUT2D eigenvalue weighted by Gasteiger charge is 2.73. The summed E-state index contributed by atoms with van der Waals surface area (Å²) < 4.78 is 4.91. The zero-order chi connectivity index (χ0) is 25.3. The van der Waals surface area contributed by atoms with Crippen molar-refractivity contribution in [2.24, 2.45) is 34.5 Å². The van der Waals surface area contributed by atoms with Gasteiger partial charge in [0.15, 0.2) is 11.6 Å². The Hall–Kier alpha value is -1.44. The molecule has 7 heteroatoms. The Balaban J connectivity index is 1.75. The summed E-state index contributed by atoms with van der Waals surface area (Å²) in [4.78, 5) is 38.6. The summed E-state index contributed by atoms with van der Waals surface area (Å²) in [6.07, 6.45) is 6.49. The first-order valence-corrected chi connectivity index (χ1v) is 13.3. The van der Waals surface area contributed by atoms with Crippen molar-refractivity contribution in [1.82, 2.24) is 0 Å². The second kappa shape index (κ2) is 8.31. The summed E-state index contributed by atoms with van der Waals surface area (Å²) >= 11 is 1.45. The number of Topliss-reactive ketones (excluding diaryl/α,β-unsaturated/α-hetero) is 1. The predicted octanol–water partition coefficient (Wildman–Crippen LogP) is 3.50. The minimum Gasteiger partial charge on any atom is -0.469 e. The maximum absolute atomic E-state index is 13.7. The van der Waals surface area contributed by atoms with Crippen molar-refractivity contribution < 1.29 is 29.3 Å². The molecule has 4 aliphatic rings. The van der Waals surface area contributed by atoms with Crippen LogP contribution in [0.1, 0.15) is 60.3 Å². The van der Waals surface area contributed by atoms with Crippen LogP contribution in [-0.4, -0.2) is 57.1 Å². The predicted molar refractivity (Wildman–Crippen MR) is 131 cm³/mol. The Morgan fingerprint density at radius 2 is 1.94 bits per heavy atom. The van der Waals surface area contributed by atoms with Gasteiger partial charge in [-0.15, -0.1) is 11.8 Å². The molecule has 4 rings (SSSR count). The van der Waals surface area contributed by atoms with Gasteiger partial charge in [0.2, 0.25) is 0 Å². The van der Waals surface area contributed by atoms with E-state index in [1.165, 1.54) is 18.9 Å². The van der Waals surface area contributed by atoms with Crippen LogP contribution in [-0.2, 0) is 19.1 Å². The van der Waals surface area contributed by atoms with E-state index in [9.17, 15) is 24.6 Å². The molecule has 8 atom stereocenters. The number of aliphatic hydroxyl groups is 2. The quantitative estimate of drug-likeness (QED) is 0.582. The Morgan fingerprint density at radius 1 is 1.26 bits per heavy atom. The average molecular weight is 491 g/mol. The highest BCUT2D eigenvalue weighted by molar-refractivity contribution is 8.01. The Bertz CT molecular complexity index is 963. The highest BCUT2D eigenvalue weighted by Crippen LogP contribution is 2.68. The number of fused-ring (bicyclic) bond motifs is 5. The van der Waals surface area contributed by atoms with Crippen molar-refractivity contribution in [3.05, 3.63) is 23.8 Å². The summed E-state index contributed by atoms with van der Waals surface area (Å²) in [6.45, 7) is 9.99. The lowest BCUT2D eigenvalue weighted by Gasteiger charge is -2.59. The summed E-state index contributed by atoms with van der Waals surface area (Å²) in [7, 11) is 1.29. The van der Waals surface area contributed by atoms with Crippen LogP contribution < -0.4 is 0 Å². The number of thioether (sulfide) groups is 1. The number of esters is 1. The number of carbonyl (C=O) groups is 3. The molecule has 188 valence electrons. The summed E-state index contributed by atoms with van der Waals surface area (Å²) in [5.74, 6) is -2.07. The molecular weight excluding hydrogens is 452 g/mol. The number of aliphatic hydroxyl groups excluding tert-OH is 1. The molecule has 0 aromatic heterocycles. The molecule has 0 saturated heterocycles. The van der Waals surface area contributed by atoms with E-state index in [0.717, 1.165) is 18.4 Å². The molecule has 4 aliphatic carbocycles. The SMILES string of the molecule is COC(=O)C1C[C@H]2[C@@H]3CCC4=CC(=O)C=C[C@]4(C)[C@H]3C(O)C[C@]2(C)[C@@]1(O)C(=O)CSC(C)(C)C. The van der Waals surface area contributed by atoms with Gasteiger partial charge in [-0.1, -0.05) is 46.3 Å². The molecule has 0 aromatic carbocycles. The van der Waals surface area contributed by atoms with Crippen LogP contribution in [0.3, 0.4) is 0 Å². The van der Waals surface area contributed by atoms with E-state index in [0.29, 0.717) is 6.42 Å². The van der Waals surface area contributed by atoms with Crippen LogP contribution in [0, 0.1) is 34.5 Å². The maximum atomic E-state index is 13.7. The second-order valence-corrected chi connectivity index (χ2v) is 13.9. The molecule has 3 saturated carbocycles. The third-order valence-electron chi connectivity index (χ3n) is 9.30. The van der Waals surface area contributed by atoms with Crippen LogP contribution in [0.4, 0.5) is 0 Å². The van der Waals surface area contributed by atoms with Gasteiger partial charge in [0, 0.05) is 21.5 Å². The Kier molecular flexibility index (Phi) is 6.27. The van der Waals surface area contributed by atoms with Crippen molar-refractivity contribution in [3.8, 4) is 0 Å². The van der Waals surface area contributed by atoms with E-state index in [-0.39, 0.29) is 46.2 Å². The first-order chi connectivity index (χ1) is 15.7. The molecule has 0 radical (unpaired) electrons. The number of allylic oxidation sites excluding steroid dienone is 4. The largest absolute Gasteiger partial charge is 0.469 e. The topological polar surface area (TPSA) is 101 Å². The fourth-order valence-electron chi connectivity index (χ4n) is 7.68. The second-order valence-electron chi connectivity index (χ2n) is 12.1. The number of hydrogen-bond donors (Lipinski definition) is 2. The molecule has 0 bridgehead atoms. The first-order valence-electron chi connectivity index (χ1n) is 12.3. The summed E-state index contributed by atoms with van der Waals surface area (Å²) in [5, 5.41) is 23.7. The van der Waals surface area contributed by atoms with Gasteiger partial charge in [-0.05, 0) is 49.7 Å². The normalized spacial score (nSPS) is 43.5. The van der Waals surface area contributed by atoms with Crippen LogP contribution in [0.2, 0.25) is 0 Å². The van der Waals surface area contributed by atoms with Crippen LogP contribution >= 0.6 is 11.8 Å². The standard InChI is InChI=1S/C27H38O6S/c1-24(2,3)34-14-21(30)27(32)19(23(31)33-6)12-18-17-8-7-15-11-16(28)9-10-25(15,4)22(17)20(29)13-26(18,27)5/h9-11,17-20,22,29,32H,7-8,12-14H2,1-6H3/t17-,18-,19?,20?,22+,25-,26-,27-/m0/s1. The number of methoxy groups -OCH3 is 1. The lowest BCUT2D eigenvalue weighted by molar-refractivity contribution is -0.187. The number of rotatable bonds is 4. The fourth-order valence-corrected chi connectivity index (χ4v) is 8.47. The first kappa shape index (κ1) is 25.6. The third-order valence-corrected chi connectivity index (χ3v) is 10.6. The molecule has 2 N–H and O–H groups in total. The molecule has 0 amide bonds. The van der Waals surface area contributed by atoms with E-state index in [1.54, 1.807) is 12.2 Å². The molecule has 2 unspecified atom stereocenters. The Labute approximate surface area is 206 Å². The van der Waals surface area contributed by atoms with Gasteiger partial charge < -0.3 is 14.9 Å². The molecule has 6 nitrogen and oxygen atoms in total. The van der Waals surface area contributed by atoms with Gasteiger partial charge in [-0.3, -0.25) is 14.4 Å². The van der Waals surface area contributed by atoms with Gasteiger partial charge in [0.1, 0.15) is 5.60 Å². The summed E-state index contributed by atoms with van der Waals surface area (Å²) in [6, 6.07) is 0. The van der Waals surface area contributed by atoms with Crippen molar-refractivity contribution in [2.75, 3.05) is 12.9 Å². The molecular formula is C27H38O6S. The van der Waals surface area contributed by atoms with Gasteiger partial charge in [-0.2, -0.15) is 0 Å². The maximum Gasteiger partial charge on any atom is 0.312 e. The third kappa shape index (κ3) is 3.65. The lowest BCUT2D eigenvalue weighted by atomic mass is 9.46. The zero-order valence-corrected chi connectivity index (χ0v) is 21.9. The smallest absolute Gasteiger partial charge is 0.312 e. The number of ketones is 2. The average Bonchev–Trinajstić information content (AvgIpc) is 2.99. The highest BCUT2D eigenvalue weighted by atomic mass is 32.2. The van der Waals surface area contributed by atoms with Crippen molar-refractivity contribution in [3.63, 3.8) is 0 Å². The van der Waals surface area contributed by atoms with E-state index < -0.39 is 34.4 Å². The van der Waals surface area contributed by atoms with Crippen molar-refractivity contribution in [2.45, 2.75) is 76.8 Å². The van der Waals surface area contributed by atoms with Crippen LogP contribution in [0.25, 0.3) is 0 Å². The molecule has 34 heavy (non-hydrogen) atoms. The van der Waals surface area contributed by atoms with Gasteiger partial charge in [0.25, 0.3) is 0 Å². The van der Waals surface area contributed by atoms with Crippen molar-refractivity contribution in [1.29, 1.82) is 0 Å². The van der Waals surface area contributed by atoms with E-state index in [2.05, 4.69) is 6.92 Å². The molecule has 0 spiro atoms. The fraction of sp³-hybridized carbons (Fsp3) is 0.741. The number of carbonyl (C=O) groups excluding carboxylic acids is 3. The van der Waals surface area contributed by atoms with Gasteiger partial charge >= 0.3 is 5.97 Å². The van der Waals surface area contributed by atoms with Crippen LogP contribution in [0.15, 0.2) is 23.8 Å². The van der Waals surface area contributed by atoms with Crippen LogP contribution in [0.5, 0.6) is 0 Å². The van der Waals surface area contributed by atoms with E-state index >= 15 is 0 Å². The van der Waals surface area contributed by atoms with E-state index in [4.69, 9.17) is 4.74 Å². The minimum atomic E-state index is -1.90. The van der Waals surface area contributed by atoms with E-state index in [1.807, 2.05) is 33.8 Å². The molecule has 3 fully saturated rings. The van der Waals surface area contributed by atoms with Crippen molar-refractivity contribution >= 4 is 29.3 Å². The Morgan fingerprint density at radius 3 is 2.56 bits per heavy atom. The number of hydrogen-bond acceptors (Lipinski definition) is 7. The van der Waals surface area contributed by atoms with Gasteiger partial charge in [0.05, 0.1) is 24.9 Å². The minimum absolute atomic E-state index is 0.0120. The molecule has 0 aromatic rings. The van der Waals surface area contributed by atoms with Gasteiger partial charge in [-0.25, -0.2) is 0 Å². The lowest BCUT2D eigenvalue weighted by Crippen LogP contribution is -2.63. The summed E-state index contributed by atoms with van der Waals surface area (Å²) in [5.41, 5.74) is -2.26. The zero-order valence-electron chi connectivity index (χ0n) is 21.1. The monoisotopic (exact) mass is 490 g/mol.